The average molecular weight is 250 g/mol. The molecule has 0 amide bonds. The summed E-state index contributed by atoms with van der Waals surface area (Å²) in [6, 6.07) is 0.116. The molecule has 18 heavy (non-hydrogen) atoms. The van der Waals surface area contributed by atoms with Gasteiger partial charge in [0.1, 0.15) is 6.54 Å². The molecule has 2 N–H and O–H groups in total. The first-order chi connectivity index (χ1) is 8.56. The van der Waals surface area contributed by atoms with Gasteiger partial charge in [-0.1, -0.05) is 6.42 Å². The van der Waals surface area contributed by atoms with Crippen LogP contribution in [0.2, 0.25) is 0 Å². The molecule has 1 aromatic rings. The Balaban J connectivity index is 2.07. The summed E-state index contributed by atoms with van der Waals surface area (Å²) in [5, 5.41) is 0. The van der Waals surface area contributed by atoms with Crippen LogP contribution in [0.4, 0.5) is 0 Å². The Kier molecular flexibility index (Phi) is 4.07. The summed E-state index contributed by atoms with van der Waals surface area (Å²) in [5.41, 5.74) is 8.63. The van der Waals surface area contributed by atoms with Gasteiger partial charge in [0.25, 0.3) is 0 Å². The van der Waals surface area contributed by atoms with Crippen molar-refractivity contribution in [1.82, 2.24) is 4.57 Å². The molecule has 100 valence electrons. The van der Waals surface area contributed by atoms with E-state index < -0.39 is 0 Å². The maximum atomic E-state index is 11.6. The summed E-state index contributed by atoms with van der Waals surface area (Å²) in [5.74, 6) is -0.191. The van der Waals surface area contributed by atoms with Crippen molar-refractivity contribution in [1.29, 1.82) is 0 Å². The number of carbonyl (C=O) groups is 1. The van der Waals surface area contributed by atoms with E-state index in [1.54, 1.807) is 0 Å². The molecule has 1 aliphatic carbocycles. The second-order valence-corrected chi connectivity index (χ2v) is 5.30. The van der Waals surface area contributed by atoms with E-state index in [9.17, 15) is 4.79 Å². The molecule has 1 unspecified atom stereocenters. The lowest BCUT2D eigenvalue weighted by molar-refractivity contribution is -0.148. The predicted octanol–water partition coefficient (Wildman–Crippen LogP) is 2.17. The van der Waals surface area contributed by atoms with Crippen LogP contribution in [-0.4, -0.2) is 16.6 Å². The van der Waals surface area contributed by atoms with E-state index in [1.807, 2.05) is 30.8 Å². The summed E-state index contributed by atoms with van der Waals surface area (Å²) in [4.78, 5) is 11.6. The molecule has 1 aromatic heterocycles. The maximum Gasteiger partial charge on any atom is 0.326 e. The molecule has 0 spiro atoms. The summed E-state index contributed by atoms with van der Waals surface area (Å²) >= 11 is 0. The van der Waals surface area contributed by atoms with Crippen molar-refractivity contribution in [2.75, 3.05) is 0 Å². The van der Waals surface area contributed by atoms with Crippen LogP contribution in [0.5, 0.6) is 0 Å². The molecular weight excluding hydrogens is 228 g/mol. The Morgan fingerprint density at radius 1 is 1.50 bits per heavy atom. The van der Waals surface area contributed by atoms with Crippen molar-refractivity contribution in [2.45, 2.75) is 58.2 Å². The smallest absolute Gasteiger partial charge is 0.326 e. The molecule has 0 saturated heterocycles. The topological polar surface area (TPSA) is 57.2 Å². The fraction of sp³-hybridized carbons (Fsp3) is 0.643. The van der Waals surface area contributed by atoms with E-state index in [1.165, 1.54) is 24.0 Å². The molecule has 0 fully saturated rings. The number of esters is 1. The molecule has 0 bridgehead atoms. The van der Waals surface area contributed by atoms with Gasteiger partial charge in [0, 0.05) is 18.4 Å². The standard InChI is InChI=1S/C14H22N2O2/c1-10(2)18-14(17)9-16-7-11-5-3-4-6-13(15)12(11)8-16/h7-8,10,13H,3-6,9,15H2,1-2H3. The second kappa shape index (κ2) is 5.57. The van der Waals surface area contributed by atoms with Crippen molar-refractivity contribution in [3.8, 4) is 0 Å². The van der Waals surface area contributed by atoms with E-state index >= 15 is 0 Å². The number of carbonyl (C=O) groups excluding carboxylic acids is 1. The molecule has 0 aliphatic heterocycles. The summed E-state index contributed by atoms with van der Waals surface area (Å²) in [7, 11) is 0. The van der Waals surface area contributed by atoms with Crippen LogP contribution in [0.25, 0.3) is 0 Å². The van der Waals surface area contributed by atoms with Crippen molar-refractivity contribution in [3.63, 3.8) is 0 Å². The molecule has 1 atom stereocenters. The minimum atomic E-state index is -0.191. The van der Waals surface area contributed by atoms with Gasteiger partial charge in [-0.15, -0.1) is 0 Å². The van der Waals surface area contributed by atoms with Crippen LogP contribution in [0.3, 0.4) is 0 Å². The SMILES string of the molecule is CC(C)OC(=O)Cn1cc2c(c1)C(N)CCCC2. The number of ether oxygens (including phenoxy) is 1. The number of hydrogen-bond acceptors (Lipinski definition) is 3. The number of nitrogens with zero attached hydrogens (tertiary/aromatic N) is 1. The highest BCUT2D eigenvalue weighted by atomic mass is 16.5. The number of rotatable bonds is 3. The minimum absolute atomic E-state index is 0.0619. The number of nitrogens with two attached hydrogens (primary N) is 1. The van der Waals surface area contributed by atoms with Crippen LogP contribution in [0.1, 0.15) is 50.3 Å². The summed E-state index contributed by atoms with van der Waals surface area (Å²) in [6.45, 7) is 4.00. The summed E-state index contributed by atoms with van der Waals surface area (Å²) in [6.07, 6.45) is 8.46. The van der Waals surface area contributed by atoms with Gasteiger partial charge in [0.05, 0.1) is 6.10 Å². The highest BCUT2D eigenvalue weighted by molar-refractivity contribution is 5.69. The monoisotopic (exact) mass is 250 g/mol. The van der Waals surface area contributed by atoms with E-state index in [2.05, 4.69) is 0 Å². The number of aromatic nitrogens is 1. The van der Waals surface area contributed by atoms with Crippen LogP contribution in [-0.2, 0) is 22.5 Å². The Labute approximate surface area is 108 Å². The zero-order chi connectivity index (χ0) is 13.1. The Morgan fingerprint density at radius 2 is 2.28 bits per heavy atom. The van der Waals surface area contributed by atoms with E-state index in [-0.39, 0.29) is 24.7 Å². The number of fused-ring (bicyclic) bond motifs is 1. The molecule has 0 radical (unpaired) electrons. The normalized spacial score (nSPS) is 19.4. The van der Waals surface area contributed by atoms with Crippen molar-refractivity contribution in [3.05, 3.63) is 23.5 Å². The van der Waals surface area contributed by atoms with E-state index in [0.29, 0.717) is 0 Å². The van der Waals surface area contributed by atoms with Crippen molar-refractivity contribution >= 4 is 5.97 Å². The fourth-order valence-electron chi connectivity index (χ4n) is 2.49. The minimum Gasteiger partial charge on any atom is -0.462 e. The van der Waals surface area contributed by atoms with Crippen LogP contribution >= 0.6 is 0 Å². The first kappa shape index (κ1) is 13.1. The lowest BCUT2D eigenvalue weighted by Crippen LogP contribution is -2.16. The van der Waals surface area contributed by atoms with E-state index in [0.717, 1.165) is 12.8 Å². The molecule has 0 aromatic carbocycles. The molecular formula is C14H22N2O2. The summed E-state index contributed by atoms with van der Waals surface area (Å²) < 4.78 is 7.05. The second-order valence-electron chi connectivity index (χ2n) is 5.30. The largest absolute Gasteiger partial charge is 0.462 e. The predicted molar refractivity (Wildman–Crippen MR) is 70.1 cm³/mol. The first-order valence-electron chi connectivity index (χ1n) is 6.70. The van der Waals surface area contributed by atoms with Gasteiger partial charge >= 0.3 is 5.97 Å². The Morgan fingerprint density at radius 3 is 3.00 bits per heavy atom. The average Bonchev–Trinajstić information content (AvgIpc) is 2.58. The lowest BCUT2D eigenvalue weighted by atomic mass is 10.1. The third-order valence-corrected chi connectivity index (χ3v) is 3.29. The number of hydrogen-bond donors (Lipinski definition) is 1. The molecule has 0 saturated carbocycles. The van der Waals surface area contributed by atoms with Crippen molar-refractivity contribution < 1.29 is 9.53 Å². The van der Waals surface area contributed by atoms with Gasteiger partial charge in [-0.05, 0) is 44.2 Å². The zero-order valence-electron chi connectivity index (χ0n) is 11.2. The van der Waals surface area contributed by atoms with Crippen LogP contribution in [0.15, 0.2) is 12.4 Å². The van der Waals surface area contributed by atoms with Gasteiger partial charge in [0.15, 0.2) is 0 Å². The third kappa shape index (κ3) is 3.13. The maximum absolute atomic E-state index is 11.6. The van der Waals surface area contributed by atoms with Gasteiger partial charge in [-0.2, -0.15) is 0 Å². The lowest BCUT2D eigenvalue weighted by Gasteiger charge is -2.09. The van der Waals surface area contributed by atoms with E-state index in [4.69, 9.17) is 10.5 Å². The van der Waals surface area contributed by atoms with Crippen LogP contribution < -0.4 is 5.73 Å². The quantitative estimate of drug-likeness (QED) is 0.660. The van der Waals surface area contributed by atoms with Gasteiger partial charge in [-0.25, -0.2) is 0 Å². The Hall–Kier alpha value is -1.29. The molecule has 4 nitrogen and oxygen atoms in total. The van der Waals surface area contributed by atoms with Gasteiger partial charge in [-0.3, -0.25) is 4.79 Å². The zero-order valence-corrected chi connectivity index (χ0v) is 11.2. The van der Waals surface area contributed by atoms with Gasteiger partial charge in [0.2, 0.25) is 0 Å². The highest BCUT2D eigenvalue weighted by Gasteiger charge is 2.18. The first-order valence-corrected chi connectivity index (χ1v) is 6.70. The third-order valence-electron chi connectivity index (χ3n) is 3.29. The molecule has 2 rings (SSSR count). The highest BCUT2D eigenvalue weighted by Crippen LogP contribution is 2.27. The molecule has 4 heteroatoms. The Bertz CT molecular complexity index is 423. The molecule has 1 heterocycles. The number of aryl methyl sites for hydroxylation is 1. The van der Waals surface area contributed by atoms with Gasteiger partial charge < -0.3 is 15.0 Å². The van der Waals surface area contributed by atoms with Crippen LogP contribution in [0, 0.1) is 0 Å². The van der Waals surface area contributed by atoms with Crippen molar-refractivity contribution in [2.24, 2.45) is 5.73 Å². The molecule has 1 aliphatic rings. The fourth-order valence-corrected chi connectivity index (χ4v) is 2.49.